The number of rotatable bonds is 8. The van der Waals surface area contributed by atoms with Gasteiger partial charge in [-0.3, -0.25) is 0 Å². The molecule has 2 aliphatic rings. The van der Waals surface area contributed by atoms with Crippen molar-refractivity contribution in [1.82, 2.24) is 0 Å². The Morgan fingerprint density at radius 1 is 0.694 bits per heavy atom. The SMILES string of the molecule is CCC(C(C(=O)O)=C(C(=O)O)C(CC)[Si]1(C)CCC(C)(C)O[Si]1(C)C)[Si]1(C)CCC(C)(C)O[Si]1(C)C. The van der Waals surface area contributed by atoms with Crippen molar-refractivity contribution in [2.45, 2.75) is 141 Å². The standard InChI is InChI=1S/C26H52O6Si4/c1-13-19(35(11)17-15-25(3,4)31-33(35,7)8)21(23(27)28)22(24(29)30)20(14-2)36(12)18-16-26(5,6)32-34(36,9)10/h19-20H,13-18H2,1-12H3,(H,27,28)(H,29,30). The van der Waals surface area contributed by atoms with Gasteiger partial charge in [-0.2, -0.15) is 0 Å². The third-order valence-corrected chi connectivity index (χ3v) is 45.5. The molecule has 2 rings (SSSR count). The molecule has 0 radical (unpaired) electrons. The van der Waals surface area contributed by atoms with E-state index in [2.05, 4.69) is 67.0 Å². The topological polar surface area (TPSA) is 93.1 Å². The van der Waals surface area contributed by atoms with Gasteiger partial charge >= 0.3 is 11.9 Å². The molecule has 0 aromatic rings. The van der Waals surface area contributed by atoms with Crippen LogP contribution in [-0.2, 0) is 18.4 Å². The molecule has 0 aliphatic carbocycles. The van der Waals surface area contributed by atoms with E-state index in [-0.39, 0.29) is 33.4 Å². The molecule has 0 aromatic carbocycles. The lowest BCUT2D eigenvalue weighted by Crippen LogP contribution is -2.69. The average molecular weight is 573 g/mol. The highest BCUT2D eigenvalue weighted by atomic mass is 29.3. The lowest BCUT2D eigenvalue weighted by molar-refractivity contribution is -0.136. The zero-order valence-electron chi connectivity index (χ0n) is 24.9. The van der Waals surface area contributed by atoms with Crippen molar-refractivity contribution >= 4 is 42.8 Å². The summed E-state index contributed by atoms with van der Waals surface area (Å²) in [4.78, 5) is 26.2. The van der Waals surface area contributed by atoms with Crippen molar-refractivity contribution in [1.29, 1.82) is 0 Å². The van der Waals surface area contributed by atoms with Gasteiger partial charge in [0.25, 0.3) is 0 Å². The first-order chi connectivity index (χ1) is 16.1. The van der Waals surface area contributed by atoms with E-state index >= 15 is 0 Å². The fraction of sp³-hybridized carbons (Fsp3) is 0.846. The maximum absolute atomic E-state index is 13.1. The Bertz CT molecular complexity index is 840. The van der Waals surface area contributed by atoms with Crippen LogP contribution in [0.3, 0.4) is 0 Å². The minimum Gasteiger partial charge on any atom is -0.478 e. The third kappa shape index (κ3) is 5.59. The summed E-state index contributed by atoms with van der Waals surface area (Å²) >= 11 is 0. The normalized spacial score (nSPS) is 33.2. The van der Waals surface area contributed by atoms with E-state index in [9.17, 15) is 19.8 Å². The molecule has 4 atom stereocenters. The largest absolute Gasteiger partial charge is 0.478 e. The quantitative estimate of drug-likeness (QED) is 0.237. The predicted molar refractivity (Wildman–Crippen MR) is 158 cm³/mol. The van der Waals surface area contributed by atoms with Crippen LogP contribution in [-0.4, -0.2) is 64.2 Å². The number of carbonyl (C=O) groups is 2. The zero-order chi connectivity index (χ0) is 28.1. The molecule has 2 saturated heterocycles. The molecule has 2 fully saturated rings. The Hall–Kier alpha value is -0.532. The second-order valence-corrected chi connectivity index (χ2v) is 42.5. The summed E-state index contributed by atoms with van der Waals surface area (Å²) in [6, 6.07) is 1.95. The van der Waals surface area contributed by atoms with Gasteiger partial charge < -0.3 is 19.1 Å². The summed E-state index contributed by atoms with van der Waals surface area (Å²) < 4.78 is 13.5. The Morgan fingerprint density at radius 3 is 1.17 bits per heavy atom. The first-order valence-corrected chi connectivity index (χ1v) is 27.1. The van der Waals surface area contributed by atoms with Crippen molar-refractivity contribution in [3.8, 4) is 0 Å². The van der Waals surface area contributed by atoms with Gasteiger partial charge in [0.2, 0.25) is 0 Å². The summed E-state index contributed by atoms with van der Waals surface area (Å²) in [7, 11) is -9.12. The summed E-state index contributed by atoms with van der Waals surface area (Å²) in [6.45, 7) is 26.2. The minimum atomic E-state index is -2.30. The van der Waals surface area contributed by atoms with Gasteiger partial charge in [-0.15, -0.1) is 0 Å². The first-order valence-electron chi connectivity index (χ1n) is 13.7. The van der Waals surface area contributed by atoms with Crippen molar-refractivity contribution in [3.05, 3.63) is 11.1 Å². The summed E-state index contributed by atoms with van der Waals surface area (Å²) in [5.74, 6) is -2.09. The van der Waals surface area contributed by atoms with Crippen molar-refractivity contribution in [3.63, 3.8) is 0 Å². The van der Waals surface area contributed by atoms with Crippen LogP contribution in [0.5, 0.6) is 0 Å². The molecule has 4 unspecified atom stereocenters. The van der Waals surface area contributed by atoms with Gasteiger partial charge in [0.05, 0.1) is 26.4 Å². The van der Waals surface area contributed by atoms with Crippen LogP contribution in [0.25, 0.3) is 0 Å². The monoisotopic (exact) mass is 572 g/mol. The molecule has 2 heterocycles. The Kier molecular flexibility index (Phi) is 8.99. The molecule has 10 heteroatoms. The molecule has 0 spiro atoms. The zero-order valence-corrected chi connectivity index (χ0v) is 28.9. The van der Waals surface area contributed by atoms with Crippen LogP contribution in [0.2, 0.25) is 62.5 Å². The van der Waals surface area contributed by atoms with Gasteiger partial charge in [0, 0.05) is 11.1 Å². The van der Waals surface area contributed by atoms with Crippen molar-refractivity contribution in [2.24, 2.45) is 0 Å². The smallest absolute Gasteiger partial charge is 0.332 e. The fourth-order valence-corrected chi connectivity index (χ4v) is 34.9. The van der Waals surface area contributed by atoms with Crippen LogP contribution in [0.1, 0.15) is 67.2 Å². The van der Waals surface area contributed by atoms with E-state index in [0.717, 1.165) is 24.9 Å². The fourth-order valence-electron chi connectivity index (χ4n) is 7.48. The second-order valence-electron chi connectivity index (χ2n) is 13.9. The molecule has 6 nitrogen and oxygen atoms in total. The molecule has 36 heavy (non-hydrogen) atoms. The van der Waals surface area contributed by atoms with Gasteiger partial charge in [0.15, 0.2) is 15.7 Å². The number of aliphatic carboxylic acids is 2. The minimum absolute atomic E-state index is 0.193. The lowest BCUT2D eigenvalue weighted by Gasteiger charge is -2.55. The Morgan fingerprint density at radius 2 is 0.972 bits per heavy atom. The van der Waals surface area contributed by atoms with Crippen molar-refractivity contribution in [2.75, 3.05) is 0 Å². The van der Waals surface area contributed by atoms with Crippen LogP contribution >= 0.6 is 0 Å². The maximum Gasteiger partial charge on any atom is 0.332 e. The predicted octanol–water partition coefficient (Wildman–Crippen LogP) is 7.13. The van der Waals surface area contributed by atoms with Gasteiger partial charge in [-0.1, -0.05) is 51.9 Å². The van der Waals surface area contributed by atoms with Crippen LogP contribution in [0.15, 0.2) is 11.1 Å². The Labute approximate surface area is 223 Å². The van der Waals surface area contributed by atoms with Crippen LogP contribution < -0.4 is 0 Å². The maximum atomic E-state index is 13.1. The third-order valence-electron chi connectivity index (χ3n) is 10.1. The number of carboxylic acid groups (broad SMARTS) is 2. The van der Waals surface area contributed by atoms with Crippen LogP contribution in [0.4, 0.5) is 0 Å². The second kappa shape index (κ2) is 10.2. The highest BCUT2D eigenvalue weighted by molar-refractivity contribution is 7.40. The average Bonchev–Trinajstić information content (AvgIpc) is 2.69. The highest BCUT2D eigenvalue weighted by Gasteiger charge is 2.61. The van der Waals surface area contributed by atoms with E-state index in [4.69, 9.17) is 8.85 Å². The first kappa shape index (κ1) is 31.7. The van der Waals surface area contributed by atoms with Crippen molar-refractivity contribution < 1.29 is 28.7 Å². The molecule has 0 saturated carbocycles. The highest BCUT2D eigenvalue weighted by Crippen LogP contribution is 2.53. The molecule has 0 amide bonds. The summed E-state index contributed by atoms with van der Waals surface area (Å²) in [5.41, 5.74) is -0.515. The van der Waals surface area contributed by atoms with E-state index in [1.54, 1.807) is 0 Å². The summed E-state index contributed by atoms with van der Waals surface area (Å²) in [6.07, 6.45) is 3.07. The number of hydrogen-bond donors (Lipinski definition) is 2. The Balaban J connectivity index is 2.80. The van der Waals surface area contributed by atoms with E-state index in [1.807, 2.05) is 13.8 Å². The number of carboxylic acids is 2. The van der Waals surface area contributed by atoms with Gasteiger partial charge in [-0.05, 0) is 77.8 Å². The summed E-state index contributed by atoms with van der Waals surface area (Å²) in [5, 5.41) is 21.4. The molecular weight excluding hydrogens is 521 g/mol. The lowest BCUT2D eigenvalue weighted by atomic mass is 9.98. The van der Waals surface area contributed by atoms with Gasteiger partial charge in [-0.25, -0.2) is 9.59 Å². The van der Waals surface area contributed by atoms with E-state index in [1.165, 1.54) is 0 Å². The van der Waals surface area contributed by atoms with E-state index in [0.29, 0.717) is 12.8 Å². The van der Waals surface area contributed by atoms with Gasteiger partial charge in [0.1, 0.15) is 0 Å². The molecule has 0 aromatic heterocycles. The molecular formula is C26H52O6Si4. The van der Waals surface area contributed by atoms with E-state index < -0.39 is 42.8 Å². The molecule has 2 N–H and O–H groups in total. The van der Waals surface area contributed by atoms with Crippen LogP contribution in [0, 0.1) is 0 Å². The molecule has 208 valence electrons. The molecule has 0 bridgehead atoms. The number of hydrogen-bond acceptors (Lipinski definition) is 4. The molecule has 2 aliphatic heterocycles.